The molecule has 3 unspecified atom stereocenters. The van der Waals surface area contributed by atoms with Gasteiger partial charge in [0.1, 0.15) is 9.84 Å². The monoisotopic (exact) mass is 281 g/mol. The maximum atomic E-state index is 12.1. The van der Waals surface area contributed by atoms with Crippen molar-refractivity contribution < 1.29 is 12.6 Å². The van der Waals surface area contributed by atoms with Crippen molar-refractivity contribution in [2.24, 2.45) is 11.1 Å². The summed E-state index contributed by atoms with van der Waals surface area (Å²) < 4.78 is 34.2. The van der Waals surface area contributed by atoms with Gasteiger partial charge >= 0.3 is 0 Å². The normalized spacial score (nSPS) is 31.1. The Kier molecular flexibility index (Phi) is 4.77. The molecule has 0 aromatic heterocycles. The van der Waals surface area contributed by atoms with Gasteiger partial charge < -0.3 is 5.73 Å². The van der Waals surface area contributed by atoms with Gasteiger partial charge in [-0.05, 0) is 18.3 Å². The highest BCUT2D eigenvalue weighted by molar-refractivity contribution is 7.92. The molecular weight excluding hydrogens is 258 g/mol. The summed E-state index contributed by atoms with van der Waals surface area (Å²) in [5, 5.41) is -0.0551. The van der Waals surface area contributed by atoms with Gasteiger partial charge in [-0.25, -0.2) is 8.42 Å². The van der Waals surface area contributed by atoms with Gasteiger partial charge in [0.15, 0.2) is 0 Å². The first kappa shape index (κ1) is 15.1. The van der Waals surface area contributed by atoms with Gasteiger partial charge in [0.25, 0.3) is 0 Å². The van der Waals surface area contributed by atoms with Gasteiger partial charge in [-0.3, -0.25) is 4.21 Å². The van der Waals surface area contributed by atoms with Crippen molar-refractivity contribution in [3.8, 4) is 0 Å². The van der Waals surface area contributed by atoms with Gasteiger partial charge in [-0.15, -0.1) is 0 Å². The van der Waals surface area contributed by atoms with Gasteiger partial charge in [0.05, 0.1) is 11.0 Å². The van der Waals surface area contributed by atoms with Crippen molar-refractivity contribution in [2.75, 3.05) is 17.8 Å². The van der Waals surface area contributed by atoms with E-state index in [0.717, 1.165) is 19.3 Å². The molecule has 1 aliphatic carbocycles. The largest absolute Gasteiger partial charge is 0.326 e. The first-order chi connectivity index (χ1) is 7.63. The fraction of sp³-hybridized carbons (Fsp3) is 1.00. The highest BCUT2D eigenvalue weighted by atomic mass is 32.2. The van der Waals surface area contributed by atoms with Crippen molar-refractivity contribution in [3.05, 3.63) is 0 Å². The van der Waals surface area contributed by atoms with Crippen LogP contribution >= 0.6 is 0 Å². The van der Waals surface area contributed by atoms with Crippen molar-refractivity contribution in [3.63, 3.8) is 0 Å². The average molecular weight is 281 g/mol. The number of sulfone groups is 1. The smallest absolute Gasteiger partial charge is 0.148 e. The summed E-state index contributed by atoms with van der Waals surface area (Å²) in [6.07, 6.45) is 4.10. The van der Waals surface area contributed by atoms with Gasteiger partial charge in [0, 0.05) is 28.9 Å². The Bertz CT molecular complexity index is 390. The number of hydrogen-bond donors (Lipinski definition) is 1. The highest BCUT2D eigenvalue weighted by Gasteiger charge is 2.39. The van der Waals surface area contributed by atoms with Crippen LogP contribution in [-0.2, 0) is 20.6 Å². The molecular formula is C11H23NO3S2. The molecule has 1 fully saturated rings. The molecule has 0 heterocycles. The van der Waals surface area contributed by atoms with Crippen LogP contribution in [-0.4, -0.2) is 41.7 Å². The third kappa shape index (κ3) is 4.34. The fourth-order valence-corrected chi connectivity index (χ4v) is 5.58. The zero-order valence-electron chi connectivity index (χ0n) is 10.8. The fourth-order valence-electron chi connectivity index (χ4n) is 2.29. The molecule has 6 heteroatoms. The summed E-state index contributed by atoms with van der Waals surface area (Å²) >= 11 is 0. The molecule has 0 amide bonds. The lowest BCUT2D eigenvalue weighted by atomic mass is 9.73. The Labute approximate surface area is 107 Å². The van der Waals surface area contributed by atoms with Crippen LogP contribution in [0.15, 0.2) is 0 Å². The first-order valence-corrected chi connectivity index (χ1v) is 9.38. The van der Waals surface area contributed by atoms with Crippen LogP contribution in [0.2, 0.25) is 0 Å². The Morgan fingerprint density at radius 3 is 2.53 bits per heavy atom. The van der Waals surface area contributed by atoms with Crippen molar-refractivity contribution >= 4 is 20.6 Å². The van der Waals surface area contributed by atoms with Crippen LogP contribution in [0.5, 0.6) is 0 Å². The molecule has 0 radical (unpaired) electrons. The summed E-state index contributed by atoms with van der Waals surface area (Å²) in [5.41, 5.74) is 6.16. The molecule has 0 aromatic carbocycles. The van der Waals surface area contributed by atoms with Crippen LogP contribution in [0.3, 0.4) is 0 Å². The number of rotatable bonds is 4. The quantitative estimate of drug-likeness (QED) is 0.822. The summed E-state index contributed by atoms with van der Waals surface area (Å²) in [6.45, 7) is 4.19. The highest BCUT2D eigenvalue weighted by Crippen LogP contribution is 2.36. The van der Waals surface area contributed by atoms with E-state index in [1.54, 1.807) is 0 Å². The molecule has 3 atom stereocenters. The topological polar surface area (TPSA) is 77.2 Å². The number of hydrogen-bond acceptors (Lipinski definition) is 4. The lowest BCUT2D eigenvalue weighted by Crippen LogP contribution is -2.51. The molecule has 0 aromatic rings. The third-order valence-corrected chi connectivity index (χ3v) is 6.62. The maximum Gasteiger partial charge on any atom is 0.148 e. The molecule has 1 aliphatic rings. The zero-order chi connectivity index (χ0) is 13.3. The Hall–Kier alpha value is 0.0600. The lowest BCUT2D eigenvalue weighted by Gasteiger charge is -2.41. The molecule has 17 heavy (non-hydrogen) atoms. The summed E-state index contributed by atoms with van der Waals surface area (Å²) in [5.74, 6) is 0.205. The van der Waals surface area contributed by atoms with Gasteiger partial charge in [0.2, 0.25) is 0 Å². The summed E-state index contributed by atoms with van der Waals surface area (Å²) in [6, 6.07) is -0.100. The molecule has 4 nitrogen and oxygen atoms in total. The lowest BCUT2D eigenvalue weighted by molar-refractivity contribution is 0.206. The van der Waals surface area contributed by atoms with E-state index >= 15 is 0 Å². The van der Waals surface area contributed by atoms with Crippen molar-refractivity contribution in [1.82, 2.24) is 0 Å². The van der Waals surface area contributed by atoms with Crippen LogP contribution in [0.25, 0.3) is 0 Å². The standard InChI is InChI=1S/C11H23NO3S2/c1-11(2)6-4-5-9(10(11)12)16(13)7-8-17(3,14)15/h9-10H,4-8,12H2,1-3H3. The Morgan fingerprint density at radius 2 is 2.00 bits per heavy atom. The molecule has 0 bridgehead atoms. The minimum Gasteiger partial charge on any atom is -0.326 e. The molecule has 0 spiro atoms. The van der Waals surface area contributed by atoms with Crippen LogP contribution in [0.1, 0.15) is 33.1 Å². The van der Waals surface area contributed by atoms with E-state index in [9.17, 15) is 12.6 Å². The van der Waals surface area contributed by atoms with Crippen molar-refractivity contribution in [1.29, 1.82) is 0 Å². The van der Waals surface area contributed by atoms with Crippen LogP contribution in [0.4, 0.5) is 0 Å². The predicted octanol–water partition coefficient (Wildman–Crippen LogP) is 0.686. The van der Waals surface area contributed by atoms with E-state index in [2.05, 4.69) is 13.8 Å². The second kappa shape index (κ2) is 5.36. The molecule has 0 aliphatic heterocycles. The van der Waals surface area contributed by atoms with Crippen LogP contribution < -0.4 is 5.73 Å². The molecule has 1 rings (SSSR count). The zero-order valence-corrected chi connectivity index (χ0v) is 12.4. The van der Waals surface area contributed by atoms with E-state index in [1.165, 1.54) is 6.26 Å². The minimum absolute atomic E-state index is 0.00364. The Morgan fingerprint density at radius 1 is 1.41 bits per heavy atom. The second-order valence-electron chi connectivity index (χ2n) is 5.66. The predicted molar refractivity (Wildman–Crippen MR) is 72.1 cm³/mol. The Balaban J connectivity index is 2.63. The van der Waals surface area contributed by atoms with Gasteiger partial charge in [-0.1, -0.05) is 20.3 Å². The van der Waals surface area contributed by atoms with E-state index < -0.39 is 20.6 Å². The molecule has 2 N–H and O–H groups in total. The van der Waals surface area contributed by atoms with Gasteiger partial charge in [-0.2, -0.15) is 0 Å². The molecule has 0 saturated heterocycles. The van der Waals surface area contributed by atoms with E-state index in [-0.39, 0.29) is 28.2 Å². The van der Waals surface area contributed by atoms with E-state index in [4.69, 9.17) is 5.73 Å². The van der Waals surface area contributed by atoms with E-state index in [0.29, 0.717) is 0 Å². The SMILES string of the molecule is CC1(C)CCCC(S(=O)CCS(C)(=O)=O)C1N. The minimum atomic E-state index is -3.04. The summed E-state index contributed by atoms with van der Waals surface area (Å²) in [4.78, 5) is 0. The second-order valence-corrected chi connectivity index (χ2v) is 9.69. The molecule has 1 saturated carbocycles. The average Bonchev–Trinajstić information content (AvgIpc) is 2.17. The summed E-state index contributed by atoms with van der Waals surface area (Å²) in [7, 11) is -4.17. The number of nitrogens with two attached hydrogens (primary N) is 1. The third-order valence-electron chi connectivity index (χ3n) is 3.61. The van der Waals surface area contributed by atoms with Crippen LogP contribution in [0, 0.1) is 5.41 Å². The van der Waals surface area contributed by atoms with E-state index in [1.807, 2.05) is 0 Å². The first-order valence-electron chi connectivity index (χ1n) is 5.94. The molecule has 102 valence electrons. The van der Waals surface area contributed by atoms with Crippen molar-refractivity contribution in [2.45, 2.75) is 44.4 Å². The maximum absolute atomic E-state index is 12.1.